The second kappa shape index (κ2) is 8.58. The van der Waals surface area contributed by atoms with Crippen molar-refractivity contribution in [3.63, 3.8) is 0 Å². The first-order chi connectivity index (χ1) is 15.5. The van der Waals surface area contributed by atoms with Crippen molar-refractivity contribution in [1.82, 2.24) is 25.3 Å². The molecule has 2 N–H and O–H groups in total. The number of carbonyl (C=O) groups is 1. The molecule has 3 aromatic rings. The standard InChI is InChI=1S/C24H32N6O2/c1-15-5-4-6-20-23(15)27-21(26-20)13-22(31)25-18-7-10-30(14-18)19-8-11-29(12-9-19)24-16(2)28-32-17(24)3/h4-6,18-19H,7-14H2,1-3H3,(H,25,31)(H,26,27)/t18-/m1/s1. The van der Waals surface area contributed by atoms with Gasteiger partial charge in [-0.15, -0.1) is 0 Å². The van der Waals surface area contributed by atoms with Gasteiger partial charge in [0.05, 0.1) is 17.5 Å². The number of hydrogen-bond donors (Lipinski definition) is 2. The summed E-state index contributed by atoms with van der Waals surface area (Å²) in [6.07, 6.45) is 3.56. The zero-order valence-corrected chi connectivity index (χ0v) is 19.1. The maximum atomic E-state index is 12.6. The van der Waals surface area contributed by atoms with Gasteiger partial charge < -0.3 is 19.7 Å². The van der Waals surface area contributed by atoms with Crippen LogP contribution in [0.5, 0.6) is 0 Å². The molecule has 2 aromatic heterocycles. The lowest BCUT2D eigenvalue weighted by atomic mass is 10.0. The number of rotatable bonds is 5. The molecule has 4 heterocycles. The van der Waals surface area contributed by atoms with Crippen molar-refractivity contribution < 1.29 is 9.32 Å². The van der Waals surface area contributed by atoms with Crippen LogP contribution in [0.1, 0.15) is 42.1 Å². The van der Waals surface area contributed by atoms with E-state index in [1.807, 2.05) is 39.0 Å². The van der Waals surface area contributed by atoms with Gasteiger partial charge in [-0.2, -0.15) is 0 Å². The number of fused-ring (bicyclic) bond motifs is 1. The molecular formula is C24H32N6O2. The predicted molar refractivity (Wildman–Crippen MR) is 124 cm³/mol. The molecule has 0 radical (unpaired) electrons. The van der Waals surface area contributed by atoms with Crippen LogP contribution in [-0.4, -0.2) is 64.2 Å². The zero-order chi connectivity index (χ0) is 22.2. The number of aryl methyl sites for hydroxylation is 3. The van der Waals surface area contributed by atoms with Gasteiger partial charge in [-0.3, -0.25) is 9.69 Å². The van der Waals surface area contributed by atoms with Crippen LogP contribution in [0.4, 0.5) is 5.69 Å². The number of nitrogens with zero attached hydrogens (tertiary/aromatic N) is 4. The minimum Gasteiger partial charge on any atom is -0.367 e. The molecule has 0 saturated carbocycles. The van der Waals surface area contributed by atoms with Gasteiger partial charge in [-0.25, -0.2) is 4.98 Å². The predicted octanol–water partition coefficient (Wildman–Crippen LogP) is 2.88. The molecule has 1 aromatic carbocycles. The number of amides is 1. The van der Waals surface area contributed by atoms with Gasteiger partial charge in [0, 0.05) is 38.3 Å². The largest absolute Gasteiger partial charge is 0.367 e. The Balaban J connectivity index is 1.11. The lowest BCUT2D eigenvalue weighted by molar-refractivity contribution is -0.121. The highest BCUT2D eigenvalue weighted by Gasteiger charge is 2.32. The molecule has 2 aliphatic rings. The van der Waals surface area contributed by atoms with Crippen LogP contribution in [0.15, 0.2) is 22.7 Å². The first-order valence-corrected chi connectivity index (χ1v) is 11.6. The molecule has 8 nitrogen and oxygen atoms in total. The van der Waals surface area contributed by atoms with E-state index >= 15 is 0 Å². The van der Waals surface area contributed by atoms with Gasteiger partial charge in [0.15, 0.2) is 5.76 Å². The van der Waals surface area contributed by atoms with Crippen molar-refractivity contribution >= 4 is 22.6 Å². The average Bonchev–Trinajstić information content (AvgIpc) is 3.48. The molecule has 2 aliphatic heterocycles. The quantitative estimate of drug-likeness (QED) is 0.639. The molecule has 8 heteroatoms. The van der Waals surface area contributed by atoms with Gasteiger partial charge in [-0.05, 0) is 51.7 Å². The van der Waals surface area contributed by atoms with Crippen molar-refractivity contribution in [3.05, 3.63) is 41.0 Å². The van der Waals surface area contributed by atoms with Crippen molar-refractivity contribution in [2.45, 2.75) is 58.5 Å². The number of aromatic nitrogens is 3. The van der Waals surface area contributed by atoms with Gasteiger partial charge >= 0.3 is 0 Å². The molecule has 2 fully saturated rings. The van der Waals surface area contributed by atoms with Crippen LogP contribution in [0, 0.1) is 20.8 Å². The lowest BCUT2D eigenvalue weighted by Gasteiger charge is -2.37. The third-order valence-electron chi connectivity index (χ3n) is 6.97. The molecule has 0 spiro atoms. The molecule has 0 unspecified atom stereocenters. The third-order valence-corrected chi connectivity index (χ3v) is 6.97. The number of carbonyl (C=O) groups excluding carboxylic acids is 1. The van der Waals surface area contributed by atoms with Crippen LogP contribution < -0.4 is 10.2 Å². The van der Waals surface area contributed by atoms with Gasteiger partial charge in [0.25, 0.3) is 0 Å². The Labute approximate surface area is 188 Å². The number of nitrogens with one attached hydrogen (secondary N) is 2. The minimum atomic E-state index is 0.0433. The second-order valence-corrected chi connectivity index (χ2v) is 9.27. The van der Waals surface area contributed by atoms with E-state index in [0.29, 0.717) is 12.5 Å². The molecule has 5 rings (SSSR count). The second-order valence-electron chi connectivity index (χ2n) is 9.27. The smallest absolute Gasteiger partial charge is 0.227 e. The summed E-state index contributed by atoms with van der Waals surface area (Å²) in [6, 6.07) is 6.84. The number of para-hydroxylation sites is 1. The average molecular weight is 437 g/mol. The Morgan fingerprint density at radius 2 is 2.00 bits per heavy atom. The zero-order valence-electron chi connectivity index (χ0n) is 19.1. The number of imidazole rings is 1. The maximum Gasteiger partial charge on any atom is 0.227 e. The number of anilines is 1. The van der Waals surface area contributed by atoms with Crippen LogP contribution in [0.3, 0.4) is 0 Å². The van der Waals surface area contributed by atoms with E-state index in [9.17, 15) is 4.79 Å². The van der Waals surface area contributed by atoms with Crippen molar-refractivity contribution in [3.8, 4) is 0 Å². The normalized spacial score (nSPS) is 20.3. The van der Waals surface area contributed by atoms with E-state index in [-0.39, 0.29) is 11.9 Å². The number of piperidine rings is 1. The van der Waals surface area contributed by atoms with E-state index in [4.69, 9.17) is 4.52 Å². The Morgan fingerprint density at radius 3 is 2.72 bits per heavy atom. The van der Waals surface area contributed by atoms with Crippen molar-refractivity contribution in [1.29, 1.82) is 0 Å². The Bertz CT molecular complexity index is 1090. The first-order valence-electron chi connectivity index (χ1n) is 11.6. The number of likely N-dealkylation sites (tertiary alicyclic amines) is 1. The first kappa shape index (κ1) is 21.0. The molecular weight excluding hydrogens is 404 g/mol. The van der Waals surface area contributed by atoms with E-state index in [1.54, 1.807) is 0 Å². The minimum absolute atomic E-state index is 0.0433. The molecule has 32 heavy (non-hydrogen) atoms. The molecule has 2 saturated heterocycles. The number of hydrogen-bond acceptors (Lipinski definition) is 6. The Kier molecular flexibility index (Phi) is 5.63. The monoisotopic (exact) mass is 436 g/mol. The molecule has 1 amide bonds. The summed E-state index contributed by atoms with van der Waals surface area (Å²) in [5.74, 6) is 1.68. The summed E-state index contributed by atoms with van der Waals surface area (Å²) in [4.78, 5) is 25.5. The highest BCUT2D eigenvalue weighted by atomic mass is 16.5. The number of H-pyrrole nitrogens is 1. The summed E-state index contributed by atoms with van der Waals surface area (Å²) >= 11 is 0. The molecule has 1 atom stereocenters. The Morgan fingerprint density at radius 1 is 1.19 bits per heavy atom. The molecule has 0 bridgehead atoms. The summed E-state index contributed by atoms with van der Waals surface area (Å²) in [6.45, 7) is 10.1. The highest BCUT2D eigenvalue weighted by molar-refractivity contribution is 5.82. The van der Waals surface area contributed by atoms with Crippen molar-refractivity contribution in [2.24, 2.45) is 0 Å². The lowest BCUT2D eigenvalue weighted by Crippen LogP contribution is -2.46. The van der Waals surface area contributed by atoms with Crippen molar-refractivity contribution in [2.75, 3.05) is 31.1 Å². The molecule has 170 valence electrons. The summed E-state index contributed by atoms with van der Waals surface area (Å²) in [5, 5.41) is 7.33. The fourth-order valence-electron chi connectivity index (χ4n) is 5.36. The summed E-state index contributed by atoms with van der Waals surface area (Å²) in [5.41, 5.74) is 5.20. The Hall–Kier alpha value is -2.87. The van der Waals surface area contributed by atoms with E-state index in [2.05, 4.69) is 30.2 Å². The van der Waals surface area contributed by atoms with E-state index in [1.165, 1.54) is 0 Å². The fraction of sp³-hybridized carbons (Fsp3) is 0.542. The van der Waals surface area contributed by atoms with Crippen LogP contribution in [0.2, 0.25) is 0 Å². The van der Waals surface area contributed by atoms with Crippen LogP contribution in [0.25, 0.3) is 11.0 Å². The van der Waals surface area contributed by atoms with E-state index in [0.717, 1.165) is 85.0 Å². The SMILES string of the molecule is Cc1noc(C)c1N1CCC(N2CC[C@@H](NC(=O)Cc3nc4c(C)cccc4[nH]3)C2)CC1. The van der Waals surface area contributed by atoms with Gasteiger partial charge in [0.2, 0.25) is 5.91 Å². The fourth-order valence-corrected chi connectivity index (χ4v) is 5.36. The van der Waals surface area contributed by atoms with Gasteiger partial charge in [-0.1, -0.05) is 17.3 Å². The number of benzene rings is 1. The van der Waals surface area contributed by atoms with Crippen LogP contribution >= 0.6 is 0 Å². The molecule has 0 aliphatic carbocycles. The summed E-state index contributed by atoms with van der Waals surface area (Å²) in [7, 11) is 0. The summed E-state index contributed by atoms with van der Waals surface area (Å²) < 4.78 is 5.34. The van der Waals surface area contributed by atoms with E-state index < -0.39 is 0 Å². The van der Waals surface area contributed by atoms with Gasteiger partial charge in [0.1, 0.15) is 17.2 Å². The highest BCUT2D eigenvalue weighted by Crippen LogP contribution is 2.29. The third kappa shape index (κ3) is 4.11. The maximum absolute atomic E-state index is 12.6. The van der Waals surface area contributed by atoms with Crippen LogP contribution in [-0.2, 0) is 11.2 Å². The topological polar surface area (TPSA) is 90.3 Å². The number of aromatic amines is 1.